The van der Waals surface area contributed by atoms with Crippen LogP contribution in [-0.4, -0.2) is 54.6 Å². The lowest BCUT2D eigenvalue weighted by molar-refractivity contribution is -0.202. The fraction of sp³-hybridized carbons (Fsp3) is 0.480. The Kier molecular flexibility index (Phi) is 8.43. The van der Waals surface area contributed by atoms with Gasteiger partial charge >= 0.3 is 12.4 Å². The molecular weight excluding hydrogens is 582 g/mol. The highest BCUT2D eigenvalue weighted by atomic mass is 32.2. The van der Waals surface area contributed by atoms with Crippen LogP contribution in [0, 0.1) is 0 Å². The molecule has 0 bridgehead atoms. The number of hydrogen-bond acceptors (Lipinski definition) is 6. The van der Waals surface area contributed by atoms with Gasteiger partial charge in [0.1, 0.15) is 11.3 Å². The Morgan fingerprint density at radius 3 is 2.29 bits per heavy atom. The Morgan fingerprint density at radius 2 is 1.73 bits per heavy atom. The van der Waals surface area contributed by atoms with E-state index in [1.54, 1.807) is 4.72 Å². The number of aromatic nitrogens is 2. The number of ether oxygens (including phenoxy) is 1. The summed E-state index contributed by atoms with van der Waals surface area (Å²) in [6.45, 7) is 0.0489. The molecule has 2 aliphatic rings. The molecule has 2 aromatic rings. The van der Waals surface area contributed by atoms with Gasteiger partial charge < -0.3 is 10.1 Å². The summed E-state index contributed by atoms with van der Waals surface area (Å²) < 4.78 is 113. The van der Waals surface area contributed by atoms with Crippen molar-refractivity contribution in [3.63, 3.8) is 0 Å². The van der Waals surface area contributed by atoms with Gasteiger partial charge in [-0.15, -0.1) is 0 Å². The number of unbranched alkanes of at least 4 members (excludes halogenated alkanes) is 2. The first-order valence-corrected chi connectivity index (χ1v) is 14.2. The zero-order valence-corrected chi connectivity index (χ0v) is 22.2. The van der Waals surface area contributed by atoms with Gasteiger partial charge in [0.05, 0.1) is 17.6 Å². The predicted molar refractivity (Wildman–Crippen MR) is 133 cm³/mol. The molecule has 41 heavy (non-hydrogen) atoms. The number of carbonyl (C=O) groups is 2. The highest BCUT2D eigenvalue weighted by molar-refractivity contribution is 7.91. The number of H-pyrrole nitrogens is 1. The molecule has 2 amide bonds. The molecule has 1 aliphatic heterocycles. The lowest BCUT2D eigenvalue weighted by Gasteiger charge is -2.41. The molecule has 224 valence electrons. The standard InChI is InChI=1S/C25H26F6N4O5S/c26-24(27,28)11-2-1-3-13-40-16-6-4-15(5-7-16)23(25(29,30)31)14-18(19-10-12-32-34-19)20(21(36)33-23)22(37)35-41(38,39)17-8-9-17/h4-7,10,12,17H,1-3,8-9,11,13-14H2,(H,32,34)(H,33,36)(H,35,37)/t23-/m0/s1. The second-order valence-corrected chi connectivity index (χ2v) is 11.8. The molecule has 1 aromatic carbocycles. The zero-order chi connectivity index (χ0) is 30.1. The summed E-state index contributed by atoms with van der Waals surface area (Å²) in [6.07, 6.45) is -8.87. The lowest BCUT2D eigenvalue weighted by Crippen LogP contribution is -2.60. The third kappa shape index (κ3) is 7.02. The first-order chi connectivity index (χ1) is 19.1. The van der Waals surface area contributed by atoms with E-state index < -0.39 is 69.0 Å². The van der Waals surface area contributed by atoms with Crippen LogP contribution in [0.15, 0.2) is 42.1 Å². The SMILES string of the molecule is O=C1N[C@@](c2ccc(OCCCCCC(F)(F)F)cc2)(C(F)(F)F)CC(c2ccn[nH]2)=C1C(=O)NS(=O)(=O)C1CC1. The Hall–Kier alpha value is -3.56. The van der Waals surface area contributed by atoms with Gasteiger partial charge in [-0.25, -0.2) is 13.1 Å². The number of amides is 2. The minimum absolute atomic E-state index is 0.0489. The van der Waals surface area contributed by atoms with Crippen LogP contribution < -0.4 is 14.8 Å². The molecule has 3 N–H and O–H groups in total. The van der Waals surface area contributed by atoms with Crippen molar-refractivity contribution in [3.05, 3.63) is 53.4 Å². The van der Waals surface area contributed by atoms with Crippen LogP contribution in [0.1, 0.15) is 56.2 Å². The predicted octanol–water partition coefficient (Wildman–Crippen LogP) is 4.25. The third-order valence-corrected chi connectivity index (χ3v) is 8.57. The zero-order valence-electron chi connectivity index (χ0n) is 21.4. The Balaban J connectivity index is 1.58. The minimum Gasteiger partial charge on any atom is -0.494 e. The maximum atomic E-state index is 14.7. The fourth-order valence-electron chi connectivity index (χ4n) is 4.47. The van der Waals surface area contributed by atoms with Gasteiger partial charge in [-0.2, -0.15) is 31.4 Å². The van der Waals surface area contributed by atoms with Crippen LogP contribution in [-0.2, 0) is 25.2 Å². The van der Waals surface area contributed by atoms with E-state index in [0.29, 0.717) is 19.3 Å². The second kappa shape index (κ2) is 11.4. The molecule has 4 rings (SSSR count). The molecule has 9 nitrogen and oxygen atoms in total. The van der Waals surface area contributed by atoms with E-state index in [1.165, 1.54) is 24.4 Å². The van der Waals surface area contributed by atoms with Crippen molar-refractivity contribution in [3.8, 4) is 5.75 Å². The number of aromatic amines is 1. The van der Waals surface area contributed by atoms with E-state index in [0.717, 1.165) is 12.1 Å². The van der Waals surface area contributed by atoms with Gasteiger partial charge in [0.25, 0.3) is 11.8 Å². The summed E-state index contributed by atoms with van der Waals surface area (Å²) >= 11 is 0. The molecular formula is C25H26F6N4O5S. The van der Waals surface area contributed by atoms with Crippen LogP contribution >= 0.6 is 0 Å². The van der Waals surface area contributed by atoms with Crippen molar-refractivity contribution in [2.24, 2.45) is 0 Å². The summed E-state index contributed by atoms with van der Waals surface area (Å²) in [5.74, 6) is -2.62. The molecule has 0 radical (unpaired) electrons. The summed E-state index contributed by atoms with van der Waals surface area (Å²) in [6, 6.07) is 5.88. The Bertz CT molecular complexity index is 1400. The molecule has 1 aliphatic carbocycles. The summed E-state index contributed by atoms with van der Waals surface area (Å²) in [7, 11) is -4.11. The first-order valence-electron chi connectivity index (χ1n) is 12.6. The fourth-order valence-corrected chi connectivity index (χ4v) is 5.75. The van der Waals surface area contributed by atoms with E-state index in [9.17, 15) is 44.3 Å². The summed E-state index contributed by atoms with van der Waals surface area (Å²) in [4.78, 5) is 26.1. The van der Waals surface area contributed by atoms with Gasteiger partial charge in [0.15, 0.2) is 5.54 Å². The normalized spacial score (nSPS) is 20.1. The first kappa shape index (κ1) is 30.4. The van der Waals surface area contributed by atoms with E-state index in [4.69, 9.17) is 4.74 Å². The minimum atomic E-state index is -5.07. The van der Waals surface area contributed by atoms with Crippen molar-refractivity contribution in [2.75, 3.05) is 6.61 Å². The van der Waals surface area contributed by atoms with E-state index in [1.807, 2.05) is 5.32 Å². The van der Waals surface area contributed by atoms with Gasteiger partial charge in [0, 0.05) is 19.0 Å². The number of sulfonamides is 1. The monoisotopic (exact) mass is 608 g/mol. The van der Waals surface area contributed by atoms with E-state index in [-0.39, 0.29) is 36.5 Å². The molecule has 2 heterocycles. The van der Waals surface area contributed by atoms with Gasteiger partial charge in [-0.3, -0.25) is 14.7 Å². The van der Waals surface area contributed by atoms with Crippen molar-refractivity contribution >= 4 is 27.4 Å². The maximum absolute atomic E-state index is 14.7. The lowest BCUT2D eigenvalue weighted by atomic mass is 9.77. The topological polar surface area (TPSA) is 130 Å². The highest BCUT2D eigenvalue weighted by Gasteiger charge is 2.60. The van der Waals surface area contributed by atoms with E-state index in [2.05, 4.69) is 10.2 Å². The van der Waals surface area contributed by atoms with Crippen molar-refractivity contribution in [1.29, 1.82) is 0 Å². The number of alkyl halides is 6. The van der Waals surface area contributed by atoms with Crippen LogP contribution in [0.2, 0.25) is 0 Å². The highest BCUT2D eigenvalue weighted by Crippen LogP contribution is 2.48. The number of hydrogen-bond donors (Lipinski definition) is 3. The molecule has 16 heteroatoms. The molecule has 1 fully saturated rings. The smallest absolute Gasteiger partial charge is 0.416 e. The number of nitrogens with zero attached hydrogens (tertiary/aromatic N) is 1. The maximum Gasteiger partial charge on any atom is 0.416 e. The van der Waals surface area contributed by atoms with Gasteiger partial charge in [0.2, 0.25) is 10.0 Å². The Morgan fingerprint density at radius 1 is 1.05 bits per heavy atom. The van der Waals surface area contributed by atoms with Gasteiger partial charge in [-0.1, -0.05) is 12.1 Å². The quantitative estimate of drug-likeness (QED) is 0.199. The van der Waals surface area contributed by atoms with E-state index >= 15 is 0 Å². The van der Waals surface area contributed by atoms with Crippen LogP contribution in [0.3, 0.4) is 0 Å². The molecule has 0 spiro atoms. The average molecular weight is 609 g/mol. The number of benzene rings is 1. The van der Waals surface area contributed by atoms with Crippen LogP contribution in [0.4, 0.5) is 26.3 Å². The number of halogens is 6. The summed E-state index contributed by atoms with van der Waals surface area (Å²) in [5.41, 5.74) is -4.64. The van der Waals surface area contributed by atoms with Crippen LogP contribution in [0.25, 0.3) is 5.57 Å². The number of carbonyl (C=O) groups excluding carboxylic acids is 2. The number of nitrogens with one attached hydrogen (secondary N) is 3. The van der Waals surface area contributed by atoms with Crippen molar-refractivity contribution in [2.45, 2.75) is 68.1 Å². The average Bonchev–Trinajstić information content (AvgIpc) is 3.60. The largest absolute Gasteiger partial charge is 0.494 e. The molecule has 1 atom stereocenters. The van der Waals surface area contributed by atoms with Crippen LogP contribution in [0.5, 0.6) is 5.75 Å². The van der Waals surface area contributed by atoms with Crippen molar-refractivity contribution < 1.29 is 49.1 Å². The molecule has 1 saturated carbocycles. The Labute approximate surface area is 230 Å². The molecule has 0 unspecified atom stereocenters. The molecule has 1 aromatic heterocycles. The molecule has 0 saturated heterocycles. The third-order valence-electron chi connectivity index (χ3n) is 6.75. The second-order valence-electron chi connectivity index (χ2n) is 9.83. The van der Waals surface area contributed by atoms with Crippen molar-refractivity contribution in [1.82, 2.24) is 20.2 Å². The number of rotatable bonds is 11. The summed E-state index contributed by atoms with van der Waals surface area (Å²) in [5, 5.41) is 7.20. The van der Waals surface area contributed by atoms with Gasteiger partial charge in [-0.05, 0) is 61.4 Å².